The quantitative estimate of drug-likeness (QED) is 0.420. The lowest BCUT2D eigenvalue weighted by atomic mass is 10.2. The molecule has 2 atom stereocenters. The lowest BCUT2D eigenvalue weighted by Crippen LogP contribution is -2.45. The molecule has 0 aromatic carbocycles. The van der Waals surface area contributed by atoms with E-state index in [1.54, 1.807) is 20.8 Å². The summed E-state index contributed by atoms with van der Waals surface area (Å²) in [4.78, 5) is 24.2. The number of carbonyl (C=O) groups is 1. The Morgan fingerprint density at radius 2 is 1.80 bits per heavy atom. The summed E-state index contributed by atoms with van der Waals surface area (Å²) >= 11 is 0. The smallest absolute Gasteiger partial charge is 0.410 e. The molecule has 1 aliphatic rings. The fourth-order valence-corrected chi connectivity index (χ4v) is 3.74. The molecule has 0 saturated carbocycles. The number of hydrogen-bond acceptors (Lipinski definition) is 5. The summed E-state index contributed by atoms with van der Waals surface area (Å²) in [6.45, 7) is 16.6. The summed E-state index contributed by atoms with van der Waals surface area (Å²) in [5, 5.41) is 10.7. The van der Waals surface area contributed by atoms with Crippen molar-refractivity contribution in [1.82, 2.24) is 4.90 Å². The number of amides is 1. The highest BCUT2D eigenvalue weighted by Crippen LogP contribution is 2.39. The van der Waals surface area contributed by atoms with Crippen molar-refractivity contribution in [2.75, 3.05) is 6.54 Å². The third-order valence-corrected chi connectivity index (χ3v) is 9.17. The molecule has 1 rings (SSSR count). The molecule has 0 spiro atoms. The Kier molecular flexibility index (Phi) is 6.45. The normalized spacial score (nSPS) is 22.5. The molecule has 0 bridgehead atoms. The summed E-state index contributed by atoms with van der Waals surface area (Å²) in [5.41, 5.74) is -0.618. The summed E-state index contributed by atoms with van der Waals surface area (Å²) in [7, 11) is -1.99. The van der Waals surface area contributed by atoms with Gasteiger partial charge in [0, 0.05) is 12.6 Å². The SMILES string of the molecule is CC(C)(C)OC(=O)N1CC(O[Si](C)(C)C(C)(C)C)CC1/C=C/[N+](=O)[O-]. The van der Waals surface area contributed by atoms with Crippen molar-refractivity contribution >= 4 is 14.4 Å². The second-order valence-corrected chi connectivity index (χ2v) is 13.8. The van der Waals surface area contributed by atoms with Crippen LogP contribution in [0.1, 0.15) is 48.0 Å². The Morgan fingerprint density at radius 1 is 1.24 bits per heavy atom. The van der Waals surface area contributed by atoms with E-state index in [0.29, 0.717) is 13.0 Å². The molecule has 25 heavy (non-hydrogen) atoms. The fraction of sp³-hybridized carbons (Fsp3) is 0.824. The topological polar surface area (TPSA) is 81.9 Å². The first-order valence-corrected chi connectivity index (χ1v) is 11.5. The molecule has 2 unspecified atom stereocenters. The van der Waals surface area contributed by atoms with Crippen LogP contribution in [0.25, 0.3) is 0 Å². The molecular weight excluding hydrogens is 340 g/mol. The highest BCUT2D eigenvalue weighted by atomic mass is 28.4. The summed E-state index contributed by atoms with van der Waals surface area (Å²) < 4.78 is 11.8. The standard InChI is InChI=1S/C17H32N2O5Si/c1-16(2,3)23-15(20)18-12-14(11-13(18)9-10-19(21)22)24-25(7,8)17(4,5)6/h9-10,13-14H,11-12H2,1-8H3/b10-9+. The lowest BCUT2D eigenvalue weighted by molar-refractivity contribution is -0.402. The summed E-state index contributed by atoms with van der Waals surface area (Å²) in [6, 6.07) is -0.394. The van der Waals surface area contributed by atoms with Gasteiger partial charge in [-0.05, 0) is 45.3 Å². The summed E-state index contributed by atoms with van der Waals surface area (Å²) in [5.74, 6) is 0. The molecule has 7 nitrogen and oxygen atoms in total. The zero-order valence-corrected chi connectivity index (χ0v) is 17.7. The predicted octanol–water partition coefficient (Wildman–Crippen LogP) is 4.18. The van der Waals surface area contributed by atoms with Crippen LogP contribution in [0.4, 0.5) is 4.79 Å². The minimum absolute atomic E-state index is 0.0541. The number of ether oxygens (including phenoxy) is 1. The number of nitrogens with zero attached hydrogens (tertiary/aromatic N) is 2. The number of nitro groups is 1. The highest BCUT2D eigenvalue weighted by Gasteiger charge is 2.44. The monoisotopic (exact) mass is 372 g/mol. The van der Waals surface area contributed by atoms with Gasteiger partial charge in [0.1, 0.15) is 5.60 Å². The van der Waals surface area contributed by atoms with Gasteiger partial charge in [-0.1, -0.05) is 20.8 Å². The summed E-state index contributed by atoms with van der Waals surface area (Å²) in [6.07, 6.45) is 2.26. The first-order chi connectivity index (χ1) is 11.1. The number of likely N-dealkylation sites (tertiary alicyclic amines) is 1. The van der Waals surface area contributed by atoms with E-state index in [-0.39, 0.29) is 11.1 Å². The van der Waals surface area contributed by atoms with Gasteiger partial charge in [-0.2, -0.15) is 0 Å². The maximum atomic E-state index is 12.5. The molecule has 0 aromatic rings. The molecule has 144 valence electrons. The van der Waals surface area contributed by atoms with E-state index in [2.05, 4.69) is 33.9 Å². The highest BCUT2D eigenvalue weighted by molar-refractivity contribution is 6.74. The maximum Gasteiger partial charge on any atom is 0.410 e. The van der Waals surface area contributed by atoms with Gasteiger partial charge in [0.15, 0.2) is 8.32 Å². The Labute approximate surface area is 151 Å². The van der Waals surface area contributed by atoms with Gasteiger partial charge in [0.2, 0.25) is 6.20 Å². The van der Waals surface area contributed by atoms with Crippen LogP contribution in [-0.2, 0) is 9.16 Å². The Bertz CT molecular complexity index is 534. The lowest BCUT2D eigenvalue weighted by Gasteiger charge is -2.38. The van der Waals surface area contributed by atoms with E-state index in [4.69, 9.17) is 9.16 Å². The van der Waals surface area contributed by atoms with Gasteiger partial charge in [-0.3, -0.25) is 15.0 Å². The number of hydrogen-bond donors (Lipinski definition) is 0. The Morgan fingerprint density at radius 3 is 2.24 bits per heavy atom. The molecule has 1 saturated heterocycles. The molecule has 1 heterocycles. The second-order valence-electron chi connectivity index (χ2n) is 9.06. The third kappa shape index (κ3) is 6.43. The second kappa shape index (κ2) is 7.45. The molecule has 0 radical (unpaired) electrons. The number of rotatable bonds is 4. The van der Waals surface area contributed by atoms with Crippen molar-refractivity contribution in [3.05, 3.63) is 22.4 Å². The van der Waals surface area contributed by atoms with Crippen LogP contribution >= 0.6 is 0 Å². The van der Waals surface area contributed by atoms with E-state index >= 15 is 0 Å². The van der Waals surface area contributed by atoms with E-state index in [1.807, 2.05) is 0 Å². The van der Waals surface area contributed by atoms with Gasteiger partial charge in [0.25, 0.3) is 0 Å². The minimum atomic E-state index is -1.99. The first-order valence-electron chi connectivity index (χ1n) is 8.61. The predicted molar refractivity (Wildman–Crippen MR) is 99.5 cm³/mol. The van der Waals surface area contributed by atoms with Crippen molar-refractivity contribution in [2.45, 2.75) is 83.8 Å². The van der Waals surface area contributed by atoms with Crippen LogP contribution in [0.5, 0.6) is 0 Å². The van der Waals surface area contributed by atoms with E-state index in [9.17, 15) is 14.9 Å². The van der Waals surface area contributed by atoms with Crippen LogP contribution < -0.4 is 0 Å². The fourth-order valence-electron chi connectivity index (χ4n) is 2.39. The zero-order chi connectivity index (χ0) is 19.6. The molecule has 1 amide bonds. The molecular formula is C17H32N2O5Si. The maximum absolute atomic E-state index is 12.5. The van der Waals surface area contributed by atoms with E-state index in [0.717, 1.165) is 6.20 Å². The van der Waals surface area contributed by atoms with Crippen LogP contribution in [0.2, 0.25) is 18.1 Å². The van der Waals surface area contributed by atoms with Crippen molar-refractivity contribution in [2.24, 2.45) is 0 Å². The first kappa shape index (κ1) is 21.6. The van der Waals surface area contributed by atoms with Crippen molar-refractivity contribution in [3.63, 3.8) is 0 Å². The van der Waals surface area contributed by atoms with Crippen LogP contribution in [-0.4, -0.2) is 48.5 Å². The molecule has 0 aliphatic carbocycles. The third-order valence-electron chi connectivity index (χ3n) is 4.63. The van der Waals surface area contributed by atoms with E-state index < -0.39 is 31.0 Å². The minimum Gasteiger partial charge on any atom is -0.444 e. The van der Waals surface area contributed by atoms with Crippen LogP contribution in [0.15, 0.2) is 12.3 Å². The van der Waals surface area contributed by atoms with Gasteiger partial charge in [-0.25, -0.2) is 4.79 Å². The molecule has 8 heteroatoms. The van der Waals surface area contributed by atoms with Gasteiger partial charge in [0.05, 0.1) is 17.1 Å². The molecule has 0 aromatic heterocycles. The molecule has 1 fully saturated rings. The van der Waals surface area contributed by atoms with Crippen molar-refractivity contribution in [1.29, 1.82) is 0 Å². The molecule has 0 N–H and O–H groups in total. The van der Waals surface area contributed by atoms with Crippen molar-refractivity contribution < 1.29 is 18.9 Å². The average Bonchev–Trinajstić information content (AvgIpc) is 2.75. The van der Waals surface area contributed by atoms with Gasteiger partial charge in [-0.15, -0.1) is 0 Å². The van der Waals surface area contributed by atoms with Crippen LogP contribution in [0, 0.1) is 10.1 Å². The van der Waals surface area contributed by atoms with Gasteiger partial charge >= 0.3 is 6.09 Å². The zero-order valence-electron chi connectivity index (χ0n) is 16.7. The average molecular weight is 373 g/mol. The molecule has 1 aliphatic heterocycles. The van der Waals surface area contributed by atoms with Gasteiger partial charge < -0.3 is 9.16 Å². The van der Waals surface area contributed by atoms with E-state index in [1.165, 1.54) is 11.0 Å². The van der Waals surface area contributed by atoms with Crippen molar-refractivity contribution in [3.8, 4) is 0 Å². The Balaban J connectivity index is 2.94. The Hall–Kier alpha value is -1.41. The largest absolute Gasteiger partial charge is 0.444 e. The van der Waals surface area contributed by atoms with Crippen LogP contribution in [0.3, 0.4) is 0 Å². The number of carbonyl (C=O) groups excluding carboxylic acids is 1.